The van der Waals surface area contributed by atoms with Crippen LogP contribution in [0.4, 0.5) is 0 Å². The molecule has 2 aromatic rings. The molecule has 0 aliphatic carbocycles. The maximum absolute atomic E-state index is 13.1. The fraction of sp³-hybridized carbons (Fsp3) is 0.333. The van der Waals surface area contributed by atoms with E-state index in [1.165, 1.54) is 0 Å². The predicted octanol–water partition coefficient (Wildman–Crippen LogP) is 3.63. The second kappa shape index (κ2) is 10.1. The Morgan fingerprint density at radius 1 is 1.07 bits per heavy atom. The third kappa shape index (κ3) is 4.71. The van der Waals surface area contributed by atoms with E-state index in [2.05, 4.69) is 0 Å². The van der Waals surface area contributed by atoms with Gasteiger partial charge in [-0.1, -0.05) is 42.5 Å². The minimum Gasteiger partial charge on any atom is -0.503 e. The molecule has 1 aliphatic heterocycles. The van der Waals surface area contributed by atoms with Crippen LogP contribution in [0.3, 0.4) is 0 Å². The SMILES string of the molecule is COCCCN1C(=O)C(O)=C(C(=O)CCc2ccccc2)C1c1ccc(OC)cc1. The molecule has 2 aromatic carbocycles. The highest BCUT2D eigenvalue weighted by Crippen LogP contribution is 2.39. The number of Topliss-reactive ketones (excluding diaryl/α,β-unsaturated/α-hetero) is 1. The van der Waals surface area contributed by atoms with Crippen LogP contribution in [0.5, 0.6) is 5.75 Å². The fourth-order valence-corrected chi connectivity index (χ4v) is 3.72. The molecule has 1 aliphatic rings. The summed E-state index contributed by atoms with van der Waals surface area (Å²) in [5, 5.41) is 10.6. The van der Waals surface area contributed by atoms with Crippen LogP contribution in [0.15, 0.2) is 65.9 Å². The molecule has 158 valence electrons. The minimum atomic E-state index is -0.622. The molecule has 1 atom stereocenters. The lowest BCUT2D eigenvalue weighted by molar-refractivity contribution is -0.129. The van der Waals surface area contributed by atoms with E-state index in [-0.39, 0.29) is 17.8 Å². The summed E-state index contributed by atoms with van der Waals surface area (Å²) in [6.45, 7) is 0.861. The number of aliphatic hydroxyl groups excluding tert-OH is 1. The quantitative estimate of drug-likeness (QED) is 0.607. The number of carbonyl (C=O) groups is 2. The van der Waals surface area contributed by atoms with Crippen LogP contribution in [0, 0.1) is 0 Å². The first kappa shape index (κ1) is 21.6. The molecule has 0 saturated heterocycles. The topological polar surface area (TPSA) is 76.1 Å². The predicted molar refractivity (Wildman–Crippen MR) is 113 cm³/mol. The molecule has 0 spiro atoms. The van der Waals surface area contributed by atoms with Gasteiger partial charge in [-0.2, -0.15) is 0 Å². The van der Waals surface area contributed by atoms with Gasteiger partial charge in [0, 0.05) is 26.7 Å². The first-order valence-corrected chi connectivity index (χ1v) is 10.0. The Bertz CT molecular complexity index is 905. The van der Waals surface area contributed by atoms with Gasteiger partial charge in [0.1, 0.15) is 5.75 Å². The van der Waals surface area contributed by atoms with Gasteiger partial charge in [-0.15, -0.1) is 0 Å². The second-order valence-corrected chi connectivity index (χ2v) is 7.19. The molecule has 3 rings (SSSR count). The molecule has 30 heavy (non-hydrogen) atoms. The van der Waals surface area contributed by atoms with E-state index in [0.717, 1.165) is 11.1 Å². The fourth-order valence-electron chi connectivity index (χ4n) is 3.72. The Labute approximate surface area is 176 Å². The lowest BCUT2D eigenvalue weighted by Gasteiger charge is -2.27. The van der Waals surface area contributed by atoms with Crippen molar-refractivity contribution in [3.05, 3.63) is 77.1 Å². The summed E-state index contributed by atoms with van der Waals surface area (Å²) in [5.41, 5.74) is 1.96. The van der Waals surface area contributed by atoms with Crippen LogP contribution in [0.1, 0.15) is 30.0 Å². The van der Waals surface area contributed by atoms with Crippen LogP contribution in [0.2, 0.25) is 0 Å². The van der Waals surface area contributed by atoms with E-state index in [0.29, 0.717) is 31.7 Å². The van der Waals surface area contributed by atoms with Gasteiger partial charge in [-0.25, -0.2) is 0 Å². The molecule has 0 radical (unpaired) electrons. The highest BCUT2D eigenvalue weighted by molar-refractivity contribution is 6.09. The summed E-state index contributed by atoms with van der Waals surface area (Å²) in [6.07, 6.45) is 1.37. The third-order valence-corrected chi connectivity index (χ3v) is 5.27. The van der Waals surface area contributed by atoms with E-state index < -0.39 is 17.7 Å². The number of carbonyl (C=O) groups excluding carboxylic acids is 2. The Hall–Kier alpha value is -3.12. The van der Waals surface area contributed by atoms with Crippen LogP contribution in [-0.2, 0) is 20.7 Å². The largest absolute Gasteiger partial charge is 0.503 e. The van der Waals surface area contributed by atoms with Gasteiger partial charge in [0.05, 0.1) is 18.7 Å². The maximum Gasteiger partial charge on any atom is 0.290 e. The maximum atomic E-state index is 13.1. The molecular weight excluding hydrogens is 382 g/mol. The van der Waals surface area contributed by atoms with Crippen molar-refractivity contribution in [2.24, 2.45) is 0 Å². The average molecular weight is 409 g/mol. The summed E-state index contributed by atoms with van der Waals surface area (Å²) >= 11 is 0. The van der Waals surface area contributed by atoms with Gasteiger partial charge < -0.3 is 19.5 Å². The van der Waals surface area contributed by atoms with E-state index in [1.54, 1.807) is 31.3 Å². The van der Waals surface area contributed by atoms with E-state index in [9.17, 15) is 14.7 Å². The number of aryl methyl sites for hydroxylation is 1. The highest BCUT2D eigenvalue weighted by atomic mass is 16.5. The van der Waals surface area contributed by atoms with Gasteiger partial charge in [-0.3, -0.25) is 9.59 Å². The zero-order valence-electron chi connectivity index (χ0n) is 17.3. The highest BCUT2D eigenvalue weighted by Gasteiger charge is 2.42. The Balaban J connectivity index is 1.88. The third-order valence-electron chi connectivity index (χ3n) is 5.27. The monoisotopic (exact) mass is 409 g/mol. The first-order chi connectivity index (χ1) is 14.6. The van der Waals surface area contributed by atoms with Crippen molar-refractivity contribution < 1.29 is 24.2 Å². The van der Waals surface area contributed by atoms with Gasteiger partial charge in [-0.05, 0) is 36.1 Å². The molecule has 0 fully saturated rings. The smallest absolute Gasteiger partial charge is 0.290 e. The van der Waals surface area contributed by atoms with Gasteiger partial charge in [0.2, 0.25) is 0 Å². The zero-order chi connectivity index (χ0) is 21.5. The van der Waals surface area contributed by atoms with Crippen molar-refractivity contribution in [3.8, 4) is 5.75 Å². The number of hydrogen-bond acceptors (Lipinski definition) is 5. The molecule has 0 aromatic heterocycles. The summed E-state index contributed by atoms with van der Waals surface area (Å²) in [6, 6.07) is 16.3. The van der Waals surface area contributed by atoms with Gasteiger partial charge in [0.15, 0.2) is 11.5 Å². The average Bonchev–Trinajstić information content (AvgIpc) is 3.03. The lowest BCUT2D eigenvalue weighted by Crippen LogP contribution is -2.32. The number of benzene rings is 2. The molecular formula is C24H27NO5. The molecule has 0 bridgehead atoms. The first-order valence-electron chi connectivity index (χ1n) is 10.0. The molecule has 1 unspecified atom stereocenters. The van der Waals surface area contributed by atoms with Crippen LogP contribution < -0.4 is 4.74 Å². The van der Waals surface area contributed by atoms with Gasteiger partial charge in [0.25, 0.3) is 5.91 Å². The summed E-state index contributed by atoms with van der Waals surface area (Å²) in [4.78, 5) is 27.5. The normalized spacial score (nSPS) is 16.3. The zero-order valence-corrected chi connectivity index (χ0v) is 17.3. The van der Waals surface area contributed by atoms with E-state index in [1.807, 2.05) is 42.5 Å². The summed E-state index contributed by atoms with van der Waals surface area (Å²) < 4.78 is 10.3. The summed E-state index contributed by atoms with van der Waals surface area (Å²) in [7, 11) is 3.18. The number of methoxy groups -OCH3 is 2. The van der Waals surface area contributed by atoms with Crippen molar-refractivity contribution in [3.63, 3.8) is 0 Å². The molecule has 1 amide bonds. The minimum absolute atomic E-state index is 0.165. The van der Waals surface area contributed by atoms with Crippen molar-refractivity contribution in [2.75, 3.05) is 27.4 Å². The lowest BCUT2D eigenvalue weighted by atomic mass is 9.93. The van der Waals surface area contributed by atoms with Crippen molar-refractivity contribution in [1.82, 2.24) is 4.90 Å². The number of ether oxygens (including phenoxy) is 2. The van der Waals surface area contributed by atoms with E-state index in [4.69, 9.17) is 9.47 Å². The van der Waals surface area contributed by atoms with Crippen molar-refractivity contribution in [2.45, 2.75) is 25.3 Å². The number of nitrogens with zero attached hydrogens (tertiary/aromatic N) is 1. The Morgan fingerprint density at radius 2 is 1.77 bits per heavy atom. The Morgan fingerprint density at radius 3 is 2.40 bits per heavy atom. The molecule has 6 nitrogen and oxygen atoms in total. The number of aliphatic hydroxyl groups is 1. The molecule has 1 N–H and O–H groups in total. The Kier molecular flexibility index (Phi) is 7.25. The van der Waals surface area contributed by atoms with Gasteiger partial charge >= 0.3 is 0 Å². The number of hydrogen-bond donors (Lipinski definition) is 1. The molecule has 1 heterocycles. The number of rotatable bonds is 10. The van der Waals surface area contributed by atoms with Crippen molar-refractivity contribution >= 4 is 11.7 Å². The van der Waals surface area contributed by atoms with Crippen LogP contribution in [0.25, 0.3) is 0 Å². The van der Waals surface area contributed by atoms with E-state index >= 15 is 0 Å². The van der Waals surface area contributed by atoms with Crippen LogP contribution >= 0.6 is 0 Å². The summed E-state index contributed by atoms with van der Waals surface area (Å²) in [5.74, 6) is -0.514. The standard InChI is InChI=1S/C24H27NO5/c1-29-16-6-15-25-22(18-10-12-19(30-2)13-11-18)21(23(27)24(25)28)20(26)14-9-17-7-4-3-5-8-17/h3-5,7-8,10-13,22,27H,6,9,14-16H2,1-2H3. The second-order valence-electron chi connectivity index (χ2n) is 7.19. The van der Waals surface area contributed by atoms with Crippen molar-refractivity contribution in [1.29, 1.82) is 0 Å². The number of ketones is 1. The number of amides is 1. The molecule has 6 heteroatoms. The van der Waals surface area contributed by atoms with Crippen LogP contribution in [-0.4, -0.2) is 49.1 Å². The molecule has 0 saturated carbocycles.